The average Bonchev–Trinajstić information content (AvgIpc) is 1.87. The summed E-state index contributed by atoms with van der Waals surface area (Å²) in [6.45, 7) is 5.98. The second-order valence-electron chi connectivity index (χ2n) is 2.56. The van der Waals surface area contributed by atoms with Gasteiger partial charge in [0.1, 0.15) is 0 Å². The van der Waals surface area contributed by atoms with Crippen LogP contribution in [0.4, 0.5) is 0 Å². The lowest BCUT2D eigenvalue weighted by molar-refractivity contribution is 0.907. The van der Waals surface area contributed by atoms with Crippen LogP contribution in [-0.2, 0) is 0 Å². The quantitative estimate of drug-likeness (QED) is 0.581. The predicted molar refractivity (Wildman–Crippen MR) is 45.9 cm³/mol. The molecule has 0 saturated carbocycles. The van der Waals surface area contributed by atoms with E-state index in [1.807, 2.05) is 13.1 Å². The highest BCUT2D eigenvalue weighted by Gasteiger charge is 1.81. The predicted octanol–water partition coefficient (Wildman–Crippen LogP) is 2.27. The maximum atomic E-state index is 6.83. The molecule has 2 nitrogen and oxygen atoms in total. The summed E-state index contributed by atoms with van der Waals surface area (Å²) in [5.41, 5.74) is 0.872. The summed E-state index contributed by atoms with van der Waals surface area (Å²) in [6.07, 6.45) is 4.83. The summed E-state index contributed by atoms with van der Waals surface area (Å²) in [4.78, 5) is 4.00. The van der Waals surface area contributed by atoms with Crippen LogP contribution < -0.4 is 0 Å². The average molecular weight is 138 g/mol. The Balaban J connectivity index is 3.81. The monoisotopic (exact) mass is 138 g/mol. The van der Waals surface area contributed by atoms with Gasteiger partial charge in [-0.2, -0.15) is 0 Å². The molecule has 0 radical (unpaired) electrons. The van der Waals surface area contributed by atoms with E-state index in [0.717, 1.165) is 5.57 Å². The third-order valence-corrected chi connectivity index (χ3v) is 0.890. The van der Waals surface area contributed by atoms with Crippen molar-refractivity contribution in [2.45, 2.75) is 20.8 Å². The fraction of sp³-hybridized carbons (Fsp3) is 0.500. The molecule has 0 aromatic carbocycles. The van der Waals surface area contributed by atoms with Crippen LogP contribution >= 0.6 is 0 Å². The Hall–Kier alpha value is -0.920. The van der Waals surface area contributed by atoms with E-state index < -0.39 is 0 Å². The molecule has 0 heterocycles. The number of hydrogen-bond donors (Lipinski definition) is 1. The molecule has 56 valence electrons. The van der Waals surface area contributed by atoms with Gasteiger partial charge in [0.05, 0.1) is 0 Å². The van der Waals surface area contributed by atoms with Gasteiger partial charge in [-0.3, -0.25) is 4.99 Å². The number of aliphatic imine (C=N–C) groups is 1. The highest BCUT2D eigenvalue weighted by molar-refractivity contribution is 5.75. The minimum Gasteiger partial charge on any atom is -0.308 e. The summed E-state index contributed by atoms with van der Waals surface area (Å²) in [5.74, 6) is 0.481. The first-order valence-electron chi connectivity index (χ1n) is 3.37. The van der Waals surface area contributed by atoms with Crippen molar-refractivity contribution >= 4 is 12.4 Å². The van der Waals surface area contributed by atoms with Crippen LogP contribution in [0.15, 0.2) is 16.8 Å². The van der Waals surface area contributed by atoms with E-state index in [4.69, 9.17) is 5.41 Å². The lowest BCUT2D eigenvalue weighted by atomic mass is 10.2. The number of nitrogens with zero attached hydrogens (tertiary/aromatic N) is 1. The number of rotatable bonds is 3. The summed E-state index contributed by atoms with van der Waals surface area (Å²) >= 11 is 0. The van der Waals surface area contributed by atoms with Gasteiger partial charge in [0.15, 0.2) is 0 Å². The van der Waals surface area contributed by atoms with E-state index in [1.165, 1.54) is 6.21 Å². The van der Waals surface area contributed by atoms with Crippen molar-refractivity contribution in [2.24, 2.45) is 10.9 Å². The van der Waals surface area contributed by atoms with Crippen LogP contribution in [0, 0.1) is 11.3 Å². The molecule has 0 aliphatic rings. The number of nitrogens with one attached hydrogen (secondary N) is 1. The van der Waals surface area contributed by atoms with Crippen molar-refractivity contribution in [1.29, 1.82) is 5.41 Å². The molecule has 10 heavy (non-hydrogen) atoms. The maximum absolute atomic E-state index is 6.83. The minimum absolute atomic E-state index is 0.481. The van der Waals surface area contributed by atoms with Crippen LogP contribution in [0.1, 0.15) is 20.8 Å². The third kappa shape index (κ3) is 5.22. The molecular formula is C8H14N2. The molecule has 1 N–H and O–H groups in total. The first-order chi connectivity index (χ1) is 4.66. The summed E-state index contributed by atoms with van der Waals surface area (Å²) < 4.78 is 0. The molecule has 0 amide bonds. The highest BCUT2D eigenvalue weighted by atomic mass is 14.7. The zero-order valence-electron chi connectivity index (χ0n) is 6.76. The third-order valence-electron chi connectivity index (χ3n) is 0.890. The molecule has 0 rings (SSSR count). The Morgan fingerprint density at radius 3 is 2.50 bits per heavy atom. The van der Waals surface area contributed by atoms with Crippen molar-refractivity contribution in [3.05, 3.63) is 11.8 Å². The second-order valence-corrected chi connectivity index (χ2v) is 2.56. The zero-order chi connectivity index (χ0) is 7.98. The molecular weight excluding hydrogens is 124 g/mol. The summed E-state index contributed by atoms with van der Waals surface area (Å²) in [5, 5.41) is 6.83. The van der Waals surface area contributed by atoms with E-state index >= 15 is 0 Å². The van der Waals surface area contributed by atoms with Crippen molar-refractivity contribution in [1.82, 2.24) is 0 Å². The van der Waals surface area contributed by atoms with E-state index in [9.17, 15) is 0 Å². The smallest absolute Gasteiger partial charge is 0.0308 e. The maximum Gasteiger partial charge on any atom is 0.0308 e. The Bertz CT molecular complexity index is 155. The Labute approximate surface area is 62.2 Å². The first kappa shape index (κ1) is 9.08. The molecule has 0 fully saturated rings. The van der Waals surface area contributed by atoms with Crippen LogP contribution in [-0.4, -0.2) is 12.4 Å². The fourth-order valence-corrected chi connectivity index (χ4v) is 0.370. The lowest BCUT2D eigenvalue weighted by Gasteiger charge is -1.89. The molecule has 0 saturated heterocycles. The van der Waals surface area contributed by atoms with E-state index in [0.29, 0.717) is 5.92 Å². The fourth-order valence-electron chi connectivity index (χ4n) is 0.370. The van der Waals surface area contributed by atoms with Crippen LogP contribution in [0.2, 0.25) is 0 Å². The molecule has 0 atom stereocenters. The van der Waals surface area contributed by atoms with Crippen molar-refractivity contribution in [3.63, 3.8) is 0 Å². The molecule has 0 aliphatic carbocycles. The van der Waals surface area contributed by atoms with Gasteiger partial charge < -0.3 is 5.41 Å². The van der Waals surface area contributed by atoms with Gasteiger partial charge in [0.25, 0.3) is 0 Å². The first-order valence-corrected chi connectivity index (χ1v) is 3.37. The topological polar surface area (TPSA) is 36.2 Å². The molecule has 0 spiro atoms. The standard InChI is InChI=1S/C8H14N2/c1-7(2)5-10-6-8(3)4-9/h4-7,9H,1-3H3/b8-6-,9-4?,10-5?. The van der Waals surface area contributed by atoms with Gasteiger partial charge in [0.2, 0.25) is 0 Å². The summed E-state index contributed by atoms with van der Waals surface area (Å²) in [6, 6.07) is 0. The molecule has 0 aromatic rings. The van der Waals surface area contributed by atoms with Gasteiger partial charge in [-0.05, 0) is 18.4 Å². The Kier molecular flexibility index (Phi) is 4.46. The Morgan fingerprint density at radius 1 is 1.50 bits per heavy atom. The van der Waals surface area contributed by atoms with Crippen LogP contribution in [0.3, 0.4) is 0 Å². The number of allylic oxidation sites excluding steroid dienone is 1. The highest BCUT2D eigenvalue weighted by Crippen LogP contribution is 1.89. The van der Waals surface area contributed by atoms with Crippen molar-refractivity contribution < 1.29 is 0 Å². The SMILES string of the molecule is C/C(C=N)=C/N=CC(C)C. The molecule has 0 bridgehead atoms. The van der Waals surface area contributed by atoms with Crippen molar-refractivity contribution in [2.75, 3.05) is 0 Å². The van der Waals surface area contributed by atoms with Gasteiger partial charge in [-0.25, -0.2) is 0 Å². The minimum atomic E-state index is 0.481. The van der Waals surface area contributed by atoms with Crippen molar-refractivity contribution in [3.8, 4) is 0 Å². The van der Waals surface area contributed by atoms with E-state index in [-0.39, 0.29) is 0 Å². The summed E-state index contributed by atoms with van der Waals surface area (Å²) in [7, 11) is 0. The number of hydrogen-bond acceptors (Lipinski definition) is 2. The lowest BCUT2D eigenvalue weighted by Crippen LogP contribution is -1.85. The Morgan fingerprint density at radius 2 is 2.10 bits per heavy atom. The molecule has 0 aromatic heterocycles. The van der Waals surface area contributed by atoms with Crippen LogP contribution in [0.25, 0.3) is 0 Å². The molecule has 0 unspecified atom stereocenters. The second kappa shape index (κ2) is 4.91. The van der Waals surface area contributed by atoms with Gasteiger partial charge in [-0.15, -0.1) is 0 Å². The van der Waals surface area contributed by atoms with E-state index in [1.54, 1.807) is 6.20 Å². The molecule has 0 aliphatic heterocycles. The van der Waals surface area contributed by atoms with Gasteiger partial charge >= 0.3 is 0 Å². The van der Waals surface area contributed by atoms with Gasteiger partial charge in [-0.1, -0.05) is 13.8 Å². The molecule has 2 heteroatoms. The largest absolute Gasteiger partial charge is 0.308 e. The van der Waals surface area contributed by atoms with Gasteiger partial charge in [0, 0.05) is 18.6 Å². The zero-order valence-corrected chi connectivity index (χ0v) is 6.76. The van der Waals surface area contributed by atoms with E-state index in [2.05, 4.69) is 18.8 Å². The van der Waals surface area contributed by atoms with Crippen LogP contribution in [0.5, 0.6) is 0 Å². The normalized spacial score (nSPS) is 13.0.